The Balaban J connectivity index is 1.66. The molecule has 104 valence electrons. The maximum atomic E-state index is 13.5. The van der Waals surface area contributed by atoms with Crippen LogP contribution in [0.5, 0.6) is 0 Å². The molecule has 1 fully saturated rings. The van der Waals surface area contributed by atoms with E-state index in [-0.39, 0.29) is 11.5 Å². The summed E-state index contributed by atoms with van der Waals surface area (Å²) >= 11 is 0. The maximum Gasteiger partial charge on any atom is 0.146 e. The topological polar surface area (TPSA) is 29.3 Å². The zero-order valence-corrected chi connectivity index (χ0v) is 11.4. The van der Waals surface area contributed by atoms with E-state index in [1.165, 1.54) is 5.56 Å². The average Bonchev–Trinajstić information content (AvgIpc) is 2.91. The molecule has 2 nitrogen and oxygen atoms in total. The largest absolute Gasteiger partial charge is 0.396 e. The van der Waals surface area contributed by atoms with Crippen LogP contribution in [-0.4, -0.2) is 18.0 Å². The van der Waals surface area contributed by atoms with Gasteiger partial charge < -0.3 is 5.73 Å². The molecule has 1 atom stereocenters. The van der Waals surface area contributed by atoms with E-state index < -0.39 is 0 Å². The molecule has 2 N–H and O–H groups in total. The molecule has 3 rings (SSSR count). The van der Waals surface area contributed by atoms with Gasteiger partial charge in [0.1, 0.15) is 5.82 Å². The zero-order valence-electron chi connectivity index (χ0n) is 11.4. The molecule has 0 spiro atoms. The van der Waals surface area contributed by atoms with Crippen LogP contribution >= 0.6 is 0 Å². The summed E-state index contributed by atoms with van der Waals surface area (Å²) in [6.45, 7) is 3.01. The Morgan fingerprint density at radius 1 is 1.15 bits per heavy atom. The number of hydrogen-bond donors (Lipinski definition) is 1. The van der Waals surface area contributed by atoms with E-state index in [1.807, 2.05) is 12.1 Å². The molecule has 0 aliphatic carbocycles. The van der Waals surface area contributed by atoms with Crippen molar-refractivity contribution in [3.05, 3.63) is 65.5 Å². The van der Waals surface area contributed by atoms with Crippen molar-refractivity contribution in [3.8, 4) is 0 Å². The number of hydrogen-bond acceptors (Lipinski definition) is 2. The molecule has 0 radical (unpaired) electrons. The van der Waals surface area contributed by atoms with Crippen molar-refractivity contribution >= 4 is 5.69 Å². The Bertz CT molecular complexity index is 583. The molecule has 20 heavy (non-hydrogen) atoms. The Labute approximate surface area is 119 Å². The summed E-state index contributed by atoms with van der Waals surface area (Å²) in [7, 11) is 0. The highest BCUT2D eigenvalue weighted by Crippen LogP contribution is 2.29. The van der Waals surface area contributed by atoms with Crippen molar-refractivity contribution < 1.29 is 4.39 Å². The van der Waals surface area contributed by atoms with Crippen LogP contribution in [0.4, 0.5) is 10.1 Å². The molecular formula is C17H19FN2. The molecular weight excluding hydrogens is 251 g/mol. The van der Waals surface area contributed by atoms with E-state index >= 15 is 0 Å². The van der Waals surface area contributed by atoms with Crippen LogP contribution in [-0.2, 0) is 6.54 Å². The summed E-state index contributed by atoms with van der Waals surface area (Å²) in [5.41, 5.74) is 8.15. The van der Waals surface area contributed by atoms with Gasteiger partial charge in [-0.05, 0) is 42.1 Å². The van der Waals surface area contributed by atoms with E-state index in [0.717, 1.165) is 31.6 Å². The Kier molecular flexibility index (Phi) is 3.70. The van der Waals surface area contributed by atoms with Crippen molar-refractivity contribution in [1.82, 2.24) is 4.90 Å². The number of nitrogens with two attached hydrogens (primary N) is 1. The van der Waals surface area contributed by atoms with Gasteiger partial charge in [0.05, 0.1) is 5.69 Å². The highest BCUT2D eigenvalue weighted by Gasteiger charge is 2.24. The molecule has 2 aromatic rings. The second-order valence-corrected chi connectivity index (χ2v) is 5.49. The minimum atomic E-state index is -0.302. The first-order valence-corrected chi connectivity index (χ1v) is 7.03. The number of rotatable bonds is 3. The van der Waals surface area contributed by atoms with Crippen molar-refractivity contribution in [3.63, 3.8) is 0 Å². The SMILES string of the molecule is Nc1ccc(C2CCN(Cc3ccccc3)C2)cc1F. The molecule has 2 aromatic carbocycles. The van der Waals surface area contributed by atoms with E-state index in [0.29, 0.717) is 5.92 Å². The van der Waals surface area contributed by atoms with Crippen LogP contribution in [0.2, 0.25) is 0 Å². The van der Waals surface area contributed by atoms with Gasteiger partial charge in [-0.25, -0.2) is 4.39 Å². The lowest BCUT2D eigenvalue weighted by Gasteiger charge is -2.16. The first-order chi connectivity index (χ1) is 9.72. The van der Waals surface area contributed by atoms with Gasteiger partial charge >= 0.3 is 0 Å². The van der Waals surface area contributed by atoms with Crippen LogP contribution < -0.4 is 5.73 Å². The standard InChI is InChI=1S/C17H19FN2/c18-16-10-14(6-7-17(16)19)15-8-9-20(12-15)11-13-4-2-1-3-5-13/h1-7,10,15H,8-9,11-12,19H2. The molecule has 1 saturated heterocycles. The van der Waals surface area contributed by atoms with Gasteiger partial charge in [-0.3, -0.25) is 4.90 Å². The molecule has 1 unspecified atom stereocenters. The second kappa shape index (κ2) is 5.63. The van der Waals surface area contributed by atoms with Crippen LogP contribution in [0, 0.1) is 5.82 Å². The Hall–Kier alpha value is -1.87. The van der Waals surface area contributed by atoms with Crippen molar-refractivity contribution in [2.45, 2.75) is 18.9 Å². The number of likely N-dealkylation sites (tertiary alicyclic amines) is 1. The summed E-state index contributed by atoms with van der Waals surface area (Å²) in [5.74, 6) is 0.109. The second-order valence-electron chi connectivity index (χ2n) is 5.49. The summed E-state index contributed by atoms with van der Waals surface area (Å²) in [6.07, 6.45) is 1.08. The molecule has 0 saturated carbocycles. The first-order valence-electron chi connectivity index (χ1n) is 7.03. The van der Waals surface area contributed by atoms with E-state index in [4.69, 9.17) is 5.73 Å². The number of nitrogen functional groups attached to an aromatic ring is 1. The van der Waals surface area contributed by atoms with Gasteiger partial charge in [0.2, 0.25) is 0 Å². The third-order valence-electron chi connectivity index (χ3n) is 4.02. The maximum absolute atomic E-state index is 13.5. The van der Waals surface area contributed by atoms with Gasteiger partial charge in [-0.1, -0.05) is 36.4 Å². The normalized spacial score (nSPS) is 19.4. The zero-order chi connectivity index (χ0) is 13.9. The van der Waals surface area contributed by atoms with Gasteiger partial charge in [-0.2, -0.15) is 0 Å². The van der Waals surface area contributed by atoms with Crippen molar-refractivity contribution in [1.29, 1.82) is 0 Å². The minimum Gasteiger partial charge on any atom is -0.396 e. The fraction of sp³-hybridized carbons (Fsp3) is 0.294. The van der Waals surface area contributed by atoms with Crippen molar-refractivity contribution in [2.75, 3.05) is 18.8 Å². The van der Waals surface area contributed by atoms with Crippen LogP contribution in [0.15, 0.2) is 48.5 Å². The fourth-order valence-corrected chi connectivity index (χ4v) is 2.89. The first kappa shape index (κ1) is 13.1. The third-order valence-corrected chi connectivity index (χ3v) is 4.02. The van der Waals surface area contributed by atoms with Gasteiger partial charge in [-0.15, -0.1) is 0 Å². The van der Waals surface area contributed by atoms with Crippen LogP contribution in [0.1, 0.15) is 23.5 Å². The van der Waals surface area contributed by atoms with Crippen molar-refractivity contribution in [2.24, 2.45) is 0 Å². The van der Waals surface area contributed by atoms with Gasteiger partial charge in [0, 0.05) is 13.1 Å². The fourth-order valence-electron chi connectivity index (χ4n) is 2.89. The quantitative estimate of drug-likeness (QED) is 0.866. The minimum absolute atomic E-state index is 0.230. The Morgan fingerprint density at radius 3 is 2.70 bits per heavy atom. The smallest absolute Gasteiger partial charge is 0.146 e. The summed E-state index contributed by atoms with van der Waals surface area (Å²) in [5, 5.41) is 0. The van der Waals surface area contributed by atoms with Gasteiger partial charge in [0.15, 0.2) is 0 Å². The number of nitrogens with zero attached hydrogens (tertiary/aromatic N) is 1. The Morgan fingerprint density at radius 2 is 1.95 bits per heavy atom. The molecule has 1 aliphatic rings. The average molecular weight is 270 g/mol. The molecule has 1 aliphatic heterocycles. The number of anilines is 1. The molecule has 1 heterocycles. The lowest BCUT2D eigenvalue weighted by Crippen LogP contribution is -2.19. The van der Waals surface area contributed by atoms with Gasteiger partial charge in [0.25, 0.3) is 0 Å². The molecule has 0 aromatic heterocycles. The molecule has 0 bridgehead atoms. The highest BCUT2D eigenvalue weighted by atomic mass is 19.1. The van der Waals surface area contributed by atoms with Crippen LogP contribution in [0.3, 0.4) is 0 Å². The summed E-state index contributed by atoms with van der Waals surface area (Å²) in [6, 6.07) is 15.7. The molecule has 3 heteroatoms. The predicted octanol–water partition coefficient (Wildman–Crippen LogP) is 3.40. The third kappa shape index (κ3) is 2.83. The predicted molar refractivity (Wildman–Crippen MR) is 79.9 cm³/mol. The van der Waals surface area contributed by atoms with E-state index in [2.05, 4.69) is 29.2 Å². The highest BCUT2D eigenvalue weighted by molar-refractivity contribution is 5.42. The lowest BCUT2D eigenvalue weighted by molar-refractivity contribution is 0.327. The number of benzene rings is 2. The van der Waals surface area contributed by atoms with Crippen LogP contribution in [0.25, 0.3) is 0 Å². The molecule has 0 amide bonds. The van der Waals surface area contributed by atoms with E-state index in [9.17, 15) is 4.39 Å². The summed E-state index contributed by atoms with van der Waals surface area (Å²) in [4.78, 5) is 2.42. The van der Waals surface area contributed by atoms with E-state index in [1.54, 1.807) is 12.1 Å². The lowest BCUT2D eigenvalue weighted by atomic mass is 9.98. The summed E-state index contributed by atoms with van der Waals surface area (Å²) < 4.78 is 13.5. The monoisotopic (exact) mass is 270 g/mol. The number of halogens is 1.